The molecule has 7 heteroatoms. The molecule has 0 unspecified atom stereocenters. The summed E-state index contributed by atoms with van der Waals surface area (Å²) in [5.41, 5.74) is 2.78. The van der Waals surface area contributed by atoms with Gasteiger partial charge >= 0.3 is 6.03 Å². The predicted molar refractivity (Wildman–Crippen MR) is 99.3 cm³/mol. The average molecular weight is 368 g/mol. The Labute approximate surface area is 156 Å². The zero-order valence-electron chi connectivity index (χ0n) is 15.2. The van der Waals surface area contributed by atoms with Crippen LogP contribution in [0.1, 0.15) is 36.9 Å². The molecule has 2 aromatic carbocycles. The lowest BCUT2D eigenvalue weighted by Crippen LogP contribution is -2.36. The first-order valence-corrected chi connectivity index (χ1v) is 8.77. The predicted octanol–water partition coefficient (Wildman–Crippen LogP) is 4.00. The summed E-state index contributed by atoms with van der Waals surface area (Å²) >= 11 is 0. The van der Waals surface area contributed by atoms with E-state index in [2.05, 4.69) is 27.7 Å². The van der Waals surface area contributed by atoms with Crippen LogP contribution in [0.4, 0.5) is 9.18 Å². The Morgan fingerprint density at radius 3 is 2.63 bits per heavy atom. The molecule has 0 aliphatic carbocycles. The minimum absolute atomic E-state index is 0.247. The van der Waals surface area contributed by atoms with E-state index in [-0.39, 0.29) is 23.6 Å². The standard InChI is InChI=1S/C20H21FN4O2/c1-3-14-7-9-15(10-8-14)12-22-20(26)23-13(2)19-24-18(25-27-19)16-5-4-6-17(21)11-16/h4-11,13H,3,12H2,1-2H3,(H2,22,23,26)/t13-/m1/s1. The summed E-state index contributed by atoms with van der Waals surface area (Å²) in [4.78, 5) is 16.3. The number of aryl methyl sites for hydroxylation is 1. The van der Waals surface area contributed by atoms with Gasteiger partial charge in [0.05, 0.1) is 0 Å². The van der Waals surface area contributed by atoms with Gasteiger partial charge in [-0.3, -0.25) is 0 Å². The third-order valence-electron chi connectivity index (χ3n) is 4.13. The molecule has 0 fully saturated rings. The van der Waals surface area contributed by atoms with E-state index in [1.54, 1.807) is 19.1 Å². The molecule has 6 nitrogen and oxygen atoms in total. The van der Waals surface area contributed by atoms with Crippen LogP contribution >= 0.6 is 0 Å². The molecule has 0 saturated heterocycles. The fraction of sp³-hybridized carbons (Fsp3) is 0.250. The Bertz CT molecular complexity index is 908. The Balaban J connectivity index is 1.55. The van der Waals surface area contributed by atoms with Gasteiger partial charge in [0.25, 0.3) is 0 Å². The van der Waals surface area contributed by atoms with Crippen molar-refractivity contribution in [3.63, 3.8) is 0 Å². The molecule has 3 rings (SSSR count). The van der Waals surface area contributed by atoms with Gasteiger partial charge in [-0.05, 0) is 36.6 Å². The highest BCUT2D eigenvalue weighted by molar-refractivity contribution is 5.74. The van der Waals surface area contributed by atoms with Crippen LogP contribution in [0.3, 0.4) is 0 Å². The molecule has 2 amide bonds. The minimum atomic E-state index is -0.484. The van der Waals surface area contributed by atoms with Gasteiger partial charge < -0.3 is 15.2 Å². The number of urea groups is 1. The quantitative estimate of drug-likeness (QED) is 0.689. The second kappa shape index (κ2) is 8.44. The Morgan fingerprint density at radius 1 is 1.19 bits per heavy atom. The van der Waals surface area contributed by atoms with Crippen molar-refractivity contribution in [3.8, 4) is 11.4 Å². The summed E-state index contributed by atoms with van der Waals surface area (Å²) in [6.07, 6.45) is 0.980. The van der Waals surface area contributed by atoms with Gasteiger partial charge in [0.15, 0.2) is 0 Å². The molecule has 140 valence electrons. The number of hydrogen-bond acceptors (Lipinski definition) is 4. The van der Waals surface area contributed by atoms with E-state index in [9.17, 15) is 9.18 Å². The molecular weight excluding hydrogens is 347 g/mol. The van der Waals surface area contributed by atoms with Crippen LogP contribution in [0, 0.1) is 5.82 Å². The zero-order valence-corrected chi connectivity index (χ0v) is 15.2. The van der Waals surface area contributed by atoms with E-state index in [1.165, 1.54) is 17.7 Å². The van der Waals surface area contributed by atoms with E-state index >= 15 is 0 Å². The van der Waals surface area contributed by atoms with Gasteiger partial charge in [-0.1, -0.05) is 48.5 Å². The van der Waals surface area contributed by atoms with Gasteiger partial charge in [0.1, 0.15) is 11.9 Å². The first-order valence-electron chi connectivity index (χ1n) is 8.77. The van der Waals surface area contributed by atoms with Crippen LogP contribution in [0.5, 0.6) is 0 Å². The number of halogens is 1. The highest BCUT2D eigenvalue weighted by Gasteiger charge is 2.17. The van der Waals surface area contributed by atoms with Crippen LogP contribution in [0.25, 0.3) is 11.4 Å². The Morgan fingerprint density at radius 2 is 1.93 bits per heavy atom. The van der Waals surface area contributed by atoms with Gasteiger partial charge in [0, 0.05) is 12.1 Å². The van der Waals surface area contributed by atoms with Crippen LogP contribution in [-0.2, 0) is 13.0 Å². The van der Waals surface area contributed by atoms with E-state index in [4.69, 9.17) is 4.52 Å². The summed E-state index contributed by atoms with van der Waals surface area (Å²) in [6, 6.07) is 13.2. The fourth-order valence-corrected chi connectivity index (χ4v) is 2.54. The number of rotatable bonds is 6. The fourth-order valence-electron chi connectivity index (χ4n) is 2.54. The van der Waals surface area contributed by atoms with Gasteiger partial charge in [-0.15, -0.1) is 0 Å². The molecular formula is C20H21FN4O2. The van der Waals surface area contributed by atoms with Crippen molar-refractivity contribution in [2.75, 3.05) is 0 Å². The molecule has 0 aliphatic heterocycles. The molecule has 27 heavy (non-hydrogen) atoms. The largest absolute Gasteiger partial charge is 0.337 e. The summed E-state index contributed by atoms with van der Waals surface area (Å²) in [5, 5.41) is 9.38. The maximum Gasteiger partial charge on any atom is 0.315 e. The monoisotopic (exact) mass is 368 g/mol. The first kappa shape index (κ1) is 18.6. The highest BCUT2D eigenvalue weighted by Crippen LogP contribution is 2.19. The van der Waals surface area contributed by atoms with E-state index < -0.39 is 6.04 Å². The third-order valence-corrected chi connectivity index (χ3v) is 4.13. The van der Waals surface area contributed by atoms with Crippen molar-refractivity contribution < 1.29 is 13.7 Å². The van der Waals surface area contributed by atoms with Crippen LogP contribution in [0.15, 0.2) is 53.1 Å². The van der Waals surface area contributed by atoms with Crippen LogP contribution in [0.2, 0.25) is 0 Å². The van der Waals surface area contributed by atoms with Gasteiger partial charge in [0.2, 0.25) is 11.7 Å². The summed E-state index contributed by atoms with van der Waals surface area (Å²) < 4.78 is 18.5. The number of amides is 2. The number of carbonyl (C=O) groups is 1. The number of aromatic nitrogens is 2. The molecule has 0 spiro atoms. The van der Waals surface area contributed by atoms with E-state index in [1.807, 2.05) is 24.3 Å². The molecule has 2 N–H and O–H groups in total. The molecule has 0 saturated carbocycles. The van der Waals surface area contributed by atoms with Crippen molar-refractivity contribution in [3.05, 3.63) is 71.4 Å². The van der Waals surface area contributed by atoms with Crippen LogP contribution in [-0.4, -0.2) is 16.2 Å². The Kier molecular flexibility index (Phi) is 5.80. The number of carbonyl (C=O) groups excluding carboxylic acids is 1. The highest BCUT2D eigenvalue weighted by atomic mass is 19.1. The second-order valence-corrected chi connectivity index (χ2v) is 6.19. The van der Waals surface area contributed by atoms with Crippen molar-refractivity contribution >= 4 is 6.03 Å². The number of nitrogens with zero attached hydrogens (tertiary/aromatic N) is 2. The van der Waals surface area contributed by atoms with Crippen molar-refractivity contribution in [1.29, 1.82) is 0 Å². The maximum atomic E-state index is 13.3. The van der Waals surface area contributed by atoms with E-state index in [0.29, 0.717) is 12.1 Å². The smallest absolute Gasteiger partial charge is 0.315 e. The number of nitrogens with one attached hydrogen (secondary N) is 2. The number of benzene rings is 2. The van der Waals surface area contributed by atoms with Crippen molar-refractivity contribution in [2.24, 2.45) is 0 Å². The zero-order chi connectivity index (χ0) is 19.2. The molecule has 3 aromatic rings. The van der Waals surface area contributed by atoms with Crippen LogP contribution < -0.4 is 10.6 Å². The first-order chi connectivity index (χ1) is 13.0. The maximum absolute atomic E-state index is 13.3. The second-order valence-electron chi connectivity index (χ2n) is 6.19. The van der Waals surface area contributed by atoms with Crippen molar-refractivity contribution in [1.82, 2.24) is 20.8 Å². The lowest BCUT2D eigenvalue weighted by Gasteiger charge is -2.11. The lowest BCUT2D eigenvalue weighted by molar-refractivity contribution is 0.233. The molecule has 1 atom stereocenters. The summed E-state index contributed by atoms with van der Waals surface area (Å²) in [5.74, 6) is 0.141. The van der Waals surface area contributed by atoms with E-state index in [0.717, 1.165) is 12.0 Å². The SMILES string of the molecule is CCc1ccc(CNC(=O)N[C@H](C)c2nc(-c3cccc(F)c3)no2)cc1. The molecule has 1 aromatic heterocycles. The Hall–Kier alpha value is -3.22. The summed E-state index contributed by atoms with van der Waals surface area (Å²) in [6.45, 7) is 4.25. The molecule has 1 heterocycles. The number of hydrogen-bond donors (Lipinski definition) is 2. The van der Waals surface area contributed by atoms with Gasteiger partial charge in [-0.2, -0.15) is 4.98 Å². The summed E-state index contributed by atoms with van der Waals surface area (Å²) in [7, 11) is 0. The topological polar surface area (TPSA) is 80.0 Å². The average Bonchev–Trinajstić information content (AvgIpc) is 3.17. The molecule has 0 radical (unpaired) electrons. The van der Waals surface area contributed by atoms with Crippen molar-refractivity contribution in [2.45, 2.75) is 32.9 Å². The molecule has 0 aliphatic rings. The normalized spacial score (nSPS) is 11.8. The lowest BCUT2D eigenvalue weighted by atomic mass is 10.1. The minimum Gasteiger partial charge on any atom is -0.337 e. The molecule has 0 bridgehead atoms. The third kappa shape index (κ3) is 4.91. The van der Waals surface area contributed by atoms with Gasteiger partial charge in [-0.25, -0.2) is 9.18 Å².